The number of benzene rings is 3. The van der Waals surface area contributed by atoms with Gasteiger partial charge in [-0.2, -0.15) is 0 Å². The van der Waals surface area contributed by atoms with Crippen LogP contribution in [0.25, 0.3) is 6.08 Å². The lowest BCUT2D eigenvalue weighted by Crippen LogP contribution is -2.42. The maximum Gasteiger partial charge on any atom is 0.290 e. The Morgan fingerprint density at radius 1 is 1.00 bits per heavy atom. The number of fused-ring (bicyclic) bond motifs is 1. The second-order valence-corrected chi connectivity index (χ2v) is 13.5. The van der Waals surface area contributed by atoms with E-state index in [1.807, 2.05) is 42.5 Å². The first-order chi connectivity index (χ1) is 21.1. The topological polar surface area (TPSA) is 77.1 Å². The summed E-state index contributed by atoms with van der Waals surface area (Å²) in [6, 6.07) is 18.3. The van der Waals surface area contributed by atoms with Crippen molar-refractivity contribution in [3.05, 3.63) is 92.9 Å². The van der Waals surface area contributed by atoms with E-state index < -0.39 is 0 Å². The van der Waals surface area contributed by atoms with Crippen molar-refractivity contribution in [2.45, 2.75) is 71.6 Å². The highest BCUT2D eigenvalue weighted by molar-refractivity contribution is 8.18. The van der Waals surface area contributed by atoms with Gasteiger partial charge in [-0.3, -0.25) is 19.8 Å². The highest BCUT2D eigenvalue weighted by Gasteiger charge is 2.46. The summed E-state index contributed by atoms with van der Waals surface area (Å²) in [5.74, 6) is 2.62. The summed E-state index contributed by atoms with van der Waals surface area (Å²) < 4.78 is 19.5. The molecule has 0 spiro atoms. The van der Waals surface area contributed by atoms with Gasteiger partial charge in [-0.05, 0) is 112 Å². The second kappa shape index (κ2) is 13.5. The Labute approximate surface area is 276 Å². The molecule has 0 radical (unpaired) electrons. The van der Waals surface area contributed by atoms with E-state index in [-0.39, 0.29) is 35.1 Å². The molecular formula is C36H41ClN2O5S. The monoisotopic (exact) mass is 648 g/mol. The zero-order valence-electron chi connectivity index (χ0n) is 26.5. The first-order valence-corrected chi connectivity index (χ1v) is 16.1. The maximum absolute atomic E-state index is 11.9. The van der Waals surface area contributed by atoms with Crippen molar-refractivity contribution in [2.75, 3.05) is 19.7 Å². The van der Waals surface area contributed by atoms with Crippen molar-refractivity contribution in [1.82, 2.24) is 10.2 Å². The van der Waals surface area contributed by atoms with Crippen molar-refractivity contribution in [3.63, 3.8) is 0 Å². The van der Waals surface area contributed by atoms with E-state index in [1.54, 1.807) is 6.08 Å². The minimum atomic E-state index is -0.350. The molecular weight excluding hydrogens is 608 g/mol. The number of carbonyl (C=O) groups is 2. The van der Waals surface area contributed by atoms with Crippen molar-refractivity contribution >= 4 is 41.4 Å². The lowest BCUT2D eigenvalue weighted by atomic mass is 9.82. The van der Waals surface area contributed by atoms with Crippen LogP contribution in [0.3, 0.4) is 0 Å². The summed E-state index contributed by atoms with van der Waals surface area (Å²) in [6.45, 7) is 13.9. The molecule has 0 aliphatic carbocycles. The Balaban J connectivity index is 0.00000400. The molecule has 0 saturated carbocycles. The summed E-state index contributed by atoms with van der Waals surface area (Å²) in [5, 5.41) is 1.95. The molecule has 6 rings (SSSR count). The smallest absolute Gasteiger partial charge is 0.290 e. The summed E-state index contributed by atoms with van der Waals surface area (Å²) >= 11 is 0.922. The first kappa shape index (κ1) is 32.9. The lowest BCUT2D eigenvalue weighted by molar-refractivity contribution is -0.115. The third kappa shape index (κ3) is 6.88. The van der Waals surface area contributed by atoms with Gasteiger partial charge in [0.05, 0.1) is 4.91 Å². The van der Waals surface area contributed by atoms with E-state index in [4.69, 9.17) is 14.2 Å². The number of rotatable bonds is 9. The molecule has 2 saturated heterocycles. The standard InChI is InChI=1S/C36H40N2O5S.ClH/c1-22-23(2)33-31(24(3)32(22)42-20-26-10-7-6-8-11-26)29(36(4,5)43-33)19-38-17-9-12-27(38)21-41-28-15-13-25(14-16-28)18-30-34(39)37-35(40)44-30;/h6-8,10-11,13-16,18,27,29H,9,12,17,19-21H2,1-5H3,(H,37,39,40);1H/b30-18-;/t27-,29?;/m0./s1. The number of amides is 2. The Morgan fingerprint density at radius 3 is 2.42 bits per heavy atom. The van der Waals surface area contributed by atoms with Crippen LogP contribution in [0, 0.1) is 20.8 Å². The van der Waals surface area contributed by atoms with Crippen molar-refractivity contribution < 1.29 is 23.8 Å². The van der Waals surface area contributed by atoms with E-state index in [2.05, 4.69) is 57.0 Å². The zero-order valence-corrected chi connectivity index (χ0v) is 28.1. The number of thioether (sulfide) groups is 1. The zero-order chi connectivity index (χ0) is 31.0. The molecule has 3 aliphatic heterocycles. The molecule has 1 unspecified atom stereocenters. The SMILES string of the molecule is Cc1c(C)c2c(c(C)c1OCc1ccccc1)C(CN1CCC[C@H]1COc1ccc(/C=C3\SC(=O)NC3=O)cc1)C(C)(C)O2.Cl. The number of ether oxygens (including phenoxy) is 3. The number of carbonyl (C=O) groups excluding carboxylic acids is 2. The van der Waals surface area contributed by atoms with Crippen LogP contribution in [-0.4, -0.2) is 47.4 Å². The van der Waals surface area contributed by atoms with Crippen molar-refractivity contribution in [2.24, 2.45) is 0 Å². The van der Waals surface area contributed by atoms with E-state index in [0.717, 1.165) is 77.2 Å². The molecule has 0 aromatic heterocycles. The highest BCUT2D eigenvalue weighted by atomic mass is 35.5. The fourth-order valence-electron chi connectivity index (χ4n) is 6.59. The van der Waals surface area contributed by atoms with Gasteiger partial charge in [-0.1, -0.05) is 42.5 Å². The summed E-state index contributed by atoms with van der Waals surface area (Å²) in [4.78, 5) is 26.3. The third-order valence-electron chi connectivity index (χ3n) is 9.19. The number of nitrogens with zero attached hydrogens (tertiary/aromatic N) is 1. The molecule has 2 fully saturated rings. The Bertz CT molecular complexity index is 1610. The number of likely N-dealkylation sites (tertiary alicyclic amines) is 1. The maximum atomic E-state index is 11.9. The Hall–Kier alpha value is -3.46. The number of hydrogen-bond donors (Lipinski definition) is 1. The highest BCUT2D eigenvalue weighted by Crippen LogP contribution is 2.52. The molecule has 9 heteroatoms. The van der Waals surface area contributed by atoms with Gasteiger partial charge < -0.3 is 14.2 Å². The largest absolute Gasteiger partial charge is 0.492 e. The average molecular weight is 649 g/mol. The van der Waals surface area contributed by atoms with Crippen LogP contribution in [0.15, 0.2) is 59.5 Å². The van der Waals surface area contributed by atoms with Gasteiger partial charge in [-0.25, -0.2) is 0 Å². The first-order valence-electron chi connectivity index (χ1n) is 15.3. The van der Waals surface area contributed by atoms with Gasteiger partial charge in [0.2, 0.25) is 0 Å². The molecule has 0 bridgehead atoms. The third-order valence-corrected chi connectivity index (χ3v) is 10.0. The quantitative estimate of drug-likeness (QED) is 0.238. The van der Waals surface area contributed by atoms with E-state index in [0.29, 0.717) is 24.2 Å². The summed E-state index contributed by atoms with van der Waals surface area (Å²) in [5.41, 5.74) is 6.40. The predicted molar refractivity (Wildman–Crippen MR) is 182 cm³/mol. The Morgan fingerprint density at radius 2 is 1.73 bits per heavy atom. The predicted octanol–water partition coefficient (Wildman–Crippen LogP) is 7.73. The van der Waals surface area contributed by atoms with Crippen LogP contribution in [0.2, 0.25) is 0 Å². The molecule has 2 atom stereocenters. The number of nitrogens with one attached hydrogen (secondary N) is 1. The van der Waals surface area contributed by atoms with Gasteiger partial charge in [0.1, 0.15) is 36.1 Å². The fourth-order valence-corrected chi connectivity index (χ4v) is 7.27. The molecule has 3 aliphatic rings. The van der Waals surface area contributed by atoms with Crippen LogP contribution in [0.1, 0.15) is 66.0 Å². The van der Waals surface area contributed by atoms with Crippen LogP contribution < -0.4 is 19.5 Å². The minimum absolute atomic E-state index is 0. The van der Waals surface area contributed by atoms with Gasteiger partial charge >= 0.3 is 0 Å². The van der Waals surface area contributed by atoms with Gasteiger partial charge in [0.15, 0.2) is 0 Å². The van der Waals surface area contributed by atoms with Gasteiger partial charge in [0.25, 0.3) is 11.1 Å². The van der Waals surface area contributed by atoms with Crippen LogP contribution in [-0.2, 0) is 11.4 Å². The number of halogens is 1. The Kier molecular flexibility index (Phi) is 9.87. The molecule has 238 valence electrons. The van der Waals surface area contributed by atoms with Crippen LogP contribution >= 0.6 is 24.2 Å². The van der Waals surface area contributed by atoms with Crippen LogP contribution in [0.4, 0.5) is 4.79 Å². The molecule has 3 aromatic carbocycles. The van der Waals surface area contributed by atoms with E-state index in [1.165, 1.54) is 11.1 Å². The molecule has 7 nitrogen and oxygen atoms in total. The van der Waals surface area contributed by atoms with Gasteiger partial charge in [0, 0.05) is 24.1 Å². The number of imide groups is 1. The van der Waals surface area contributed by atoms with E-state index >= 15 is 0 Å². The van der Waals surface area contributed by atoms with Gasteiger partial charge in [-0.15, -0.1) is 12.4 Å². The fraction of sp³-hybridized carbons (Fsp3) is 0.389. The lowest BCUT2D eigenvalue weighted by Gasteiger charge is -2.33. The van der Waals surface area contributed by atoms with Crippen molar-refractivity contribution in [3.8, 4) is 17.2 Å². The molecule has 2 amide bonds. The molecule has 45 heavy (non-hydrogen) atoms. The van der Waals surface area contributed by atoms with Crippen molar-refractivity contribution in [1.29, 1.82) is 0 Å². The summed E-state index contributed by atoms with van der Waals surface area (Å²) in [7, 11) is 0. The molecule has 3 aromatic rings. The normalized spacial score (nSPS) is 21.3. The molecule has 3 heterocycles. The minimum Gasteiger partial charge on any atom is -0.492 e. The second-order valence-electron chi connectivity index (χ2n) is 12.5. The van der Waals surface area contributed by atoms with E-state index in [9.17, 15) is 9.59 Å². The summed E-state index contributed by atoms with van der Waals surface area (Å²) in [6.07, 6.45) is 3.94. The average Bonchev–Trinajstić information content (AvgIpc) is 3.66. The number of hydrogen-bond acceptors (Lipinski definition) is 7. The van der Waals surface area contributed by atoms with Crippen LogP contribution in [0.5, 0.6) is 17.2 Å². The molecule has 1 N–H and O–H groups in total.